The second-order valence-corrected chi connectivity index (χ2v) is 6.30. The first-order valence-corrected chi connectivity index (χ1v) is 8.27. The van der Waals surface area contributed by atoms with Crippen LogP contribution in [0.5, 0.6) is 11.5 Å². The number of aromatic hydroxyl groups is 2. The summed E-state index contributed by atoms with van der Waals surface area (Å²) < 4.78 is 0. The van der Waals surface area contributed by atoms with E-state index in [1.165, 1.54) is 0 Å². The Bertz CT molecular complexity index is 895. The van der Waals surface area contributed by atoms with Gasteiger partial charge in [0.15, 0.2) is 0 Å². The van der Waals surface area contributed by atoms with Gasteiger partial charge in [0.2, 0.25) is 0 Å². The number of hydrogen-bond acceptors (Lipinski definition) is 4. The zero-order valence-electron chi connectivity index (χ0n) is 13.6. The van der Waals surface area contributed by atoms with Crippen LogP contribution in [0.15, 0.2) is 72.8 Å². The molecule has 4 heteroatoms. The maximum absolute atomic E-state index is 10.5. The van der Waals surface area contributed by atoms with Crippen molar-refractivity contribution in [1.82, 2.24) is 0 Å². The van der Waals surface area contributed by atoms with E-state index >= 15 is 0 Å². The van der Waals surface area contributed by atoms with E-state index in [0.29, 0.717) is 6.42 Å². The smallest absolute Gasteiger partial charge is 0.129 e. The fourth-order valence-corrected chi connectivity index (χ4v) is 3.42. The summed E-state index contributed by atoms with van der Waals surface area (Å²) in [5, 5.41) is 30.3. The van der Waals surface area contributed by atoms with Crippen LogP contribution in [-0.2, 0) is 0 Å². The van der Waals surface area contributed by atoms with Gasteiger partial charge in [0.25, 0.3) is 0 Å². The van der Waals surface area contributed by atoms with Crippen molar-refractivity contribution in [2.45, 2.75) is 18.7 Å². The van der Waals surface area contributed by atoms with Gasteiger partial charge in [-0.25, -0.2) is 0 Å². The lowest BCUT2D eigenvalue weighted by atomic mass is 9.90. The van der Waals surface area contributed by atoms with Crippen molar-refractivity contribution < 1.29 is 15.3 Å². The number of benzene rings is 3. The summed E-state index contributed by atoms with van der Waals surface area (Å²) in [5.41, 5.74) is 3.40. The van der Waals surface area contributed by atoms with Crippen molar-refractivity contribution >= 4 is 5.69 Å². The van der Waals surface area contributed by atoms with Crippen LogP contribution in [0.1, 0.15) is 18.0 Å². The maximum atomic E-state index is 10.5. The van der Waals surface area contributed by atoms with Gasteiger partial charge >= 0.3 is 0 Å². The molecule has 0 amide bonds. The van der Waals surface area contributed by atoms with Gasteiger partial charge in [-0.1, -0.05) is 42.5 Å². The predicted molar refractivity (Wildman–Crippen MR) is 97.5 cm³/mol. The highest BCUT2D eigenvalue weighted by Crippen LogP contribution is 2.45. The molecule has 4 nitrogen and oxygen atoms in total. The Morgan fingerprint density at radius 3 is 2.24 bits per heavy atom. The van der Waals surface area contributed by atoms with Crippen LogP contribution in [0.4, 0.5) is 5.69 Å². The van der Waals surface area contributed by atoms with Crippen molar-refractivity contribution in [3.05, 3.63) is 78.4 Å². The zero-order chi connectivity index (χ0) is 17.4. The number of rotatable bonds is 3. The molecule has 0 spiro atoms. The predicted octanol–water partition coefficient (Wildman–Crippen LogP) is 4.03. The van der Waals surface area contributed by atoms with Gasteiger partial charge in [-0.15, -0.1) is 0 Å². The van der Waals surface area contributed by atoms with Gasteiger partial charge < -0.3 is 20.2 Å². The highest BCUT2D eigenvalue weighted by molar-refractivity contribution is 5.68. The van der Waals surface area contributed by atoms with E-state index in [2.05, 4.69) is 0 Å². The van der Waals surface area contributed by atoms with Gasteiger partial charge in [-0.3, -0.25) is 0 Å². The lowest BCUT2D eigenvalue weighted by Crippen LogP contribution is -2.50. The second kappa shape index (κ2) is 6.15. The van der Waals surface area contributed by atoms with E-state index in [9.17, 15) is 15.3 Å². The molecule has 0 aliphatic carbocycles. The van der Waals surface area contributed by atoms with Crippen LogP contribution in [0.3, 0.4) is 0 Å². The molecule has 2 unspecified atom stereocenters. The maximum Gasteiger partial charge on any atom is 0.129 e. The monoisotopic (exact) mass is 333 g/mol. The molecule has 0 saturated carbocycles. The summed E-state index contributed by atoms with van der Waals surface area (Å²) in [4.78, 5) is 1.91. The largest absolute Gasteiger partial charge is 0.508 e. The Morgan fingerprint density at radius 1 is 0.800 bits per heavy atom. The third-order valence-corrected chi connectivity index (χ3v) is 4.71. The number of anilines is 1. The molecule has 3 N–H and O–H groups in total. The van der Waals surface area contributed by atoms with Crippen LogP contribution in [0, 0.1) is 0 Å². The topological polar surface area (TPSA) is 63.9 Å². The molecule has 4 rings (SSSR count). The number of aliphatic hydroxyl groups is 1. The van der Waals surface area contributed by atoms with E-state index in [1.54, 1.807) is 24.3 Å². The molecule has 25 heavy (non-hydrogen) atoms. The third-order valence-electron chi connectivity index (χ3n) is 4.71. The molecule has 2 atom stereocenters. The van der Waals surface area contributed by atoms with E-state index in [-0.39, 0.29) is 17.5 Å². The minimum absolute atomic E-state index is 0.0596. The summed E-state index contributed by atoms with van der Waals surface area (Å²) in [6.45, 7) is 0. The molecule has 1 fully saturated rings. The highest BCUT2D eigenvalue weighted by atomic mass is 16.3. The van der Waals surface area contributed by atoms with Gasteiger partial charge in [-0.05, 0) is 41.5 Å². The number of aliphatic hydroxyl groups excluding tert-OH is 1. The van der Waals surface area contributed by atoms with Crippen molar-refractivity contribution in [3.63, 3.8) is 0 Å². The van der Waals surface area contributed by atoms with E-state index in [0.717, 1.165) is 22.4 Å². The van der Waals surface area contributed by atoms with E-state index in [4.69, 9.17) is 0 Å². The summed E-state index contributed by atoms with van der Waals surface area (Å²) >= 11 is 0. The van der Waals surface area contributed by atoms with Crippen molar-refractivity contribution in [2.24, 2.45) is 0 Å². The second-order valence-electron chi connectivity index (χ2n) is 6.30. The third kappa shape index (κ3) is 2.81. The van der Waals surface area contributed by atoms with Gasteiger partial charge in [0, 0.05) is 17.7 Å². The Morgan fingerprint density at radius 2 is 1.56 bits per heavy atom. The average molecular weight is 333 g/mol. The van der Waals surface area contributed by atoms with E-state index < -0.39 is 6.23 Å². The summed E-state index contributed by atoms with van der Waals surface area (Å²) in [5.74, 6) is 0.386. The molecule has 1 heterocycles. The Labute approximate surface area is 146 Å². The SMILES string of the molecule is Oc1cccc(-c2ccc(C3CC(O)N3c3ccccc3)c(O)c2)c1. The van der Waals surface area contributed by atoms with Crippen LogP contribution in [0.25, 0.3) is 11.1 Å². The average Bonchev–Trinajstić information content (AvgIpc) is 2.61. The number of phenols is 2. The minimum Gasteiger partial charge on any atom is -0.508 e. The normalized spacial score (nSPS) is 19.5. The van der Waals surface area contributed by atoms with Gasteiger partial charge in [0.1, 0.15) is 17.7 Å². The quantitative estimate of drug-likeness (QED) is 0.677. The zero-order valence-corrected chi connectivity index (χ0v) is 13.6. The number of nitrogens with zero attached hydrogens (tertiary/aromatic N) is 1. The fraction of sp³-hybridized carbons (Fsp3) is 0.143. The lowest BCUT2D eigenvalue weighted by molar-refractivity contribution is 0.0775. The van der Waals surface area contributed by atoms with Crippen molar-refractivity contribution in [3.8, 4) is 22.6 Å². The fourth-order valence-electron chi connectivity index (χ4n) is 3.42. The first-order valence-electron chi connectivity index (χ1n) is 8.27. The molecular formula is C21H19NO3. The summed E-state index contributed by atoms with van der Waals surface area (Å²) in [6, 6.07) is 22.1. The van der Waals surface area contributed by atoms with Gasteiger partial charge in [-0.2, -0.15) is 0 Å². The summed E-state index contributed by atoms with van der Waals surface area (Å²) in [7, 11) is 0. The Balaban J connectivity index is 1.65. The van der Waals surface area contributed by atoms with Crippen LogP contribution in [-0.4, -0.2) is 21.5 Å². The molecule has 1 aliphatic rings. The Kier molecular flexibility index (Phi) is 3.82. The Hall–Kier alpha value is -2.98. The molecule has 0 bridgehead atoms. The molecule has 3 aromatic rings. The standard InChI is InChI=1S/C21H19NO3/c23-17-8-4-5-14(11-17)15-9-10-18(20(24)12-15)19-13-21(25)22(19)16-6-2-1-3-7-16/h1-12,19,21,23-25H,13H2. The van der Waals surface area contributed by atoms with Gasteiger partial charge in [0.05, 0.1) is 6.04 Å². The molecule has 1 aliphatic heterocycles. The van der Waals surface area contributed by atoms with Crippen LogP contribution in [0.2, 0.25) is 0 Å². The molecular weight excluding hydrogens is 314 g/mol. The first kappa shape index (κ1) is 15.5. The van der Waals surface area contributed by atoms with Crippen LogP contribution >= 0.6 is 0 Å². The molecule has 0 radical (unpaired) electrons. The molecule has 1 saturated heterocycles. The highest BCUT2D eigenvalue weighted by Gasteiger charge is 2.39. The van der Waals surface area contributed by atoms with E-state index in [1.807, 2.05) is 53.4 Å². The van der Waals surface area contributed by atoms with Crippen LogP contribution < -0.4 is 4.90 Å². The van der Waals surface area contributed by atoms with Crippen molar-refractivity contribution in [2.75, 3.05) is 4.90 Å². The first-order chi connectivity index (χ1) is 12.1. The van der Waals surface area contributed by atoms with Crippen molar-refractivity contribution in [1.29, 1.82) is 0 Å². The lowest BCUT2D eigenvalue weighted by Gasteiger charge is -2.47. The minimum atomic E-state index is -0.544. The summed E-state index contributed by atoms with van der Waals surface area (Å²) in [6.07, 6.45) is 0.0334. The number of para-hydroxylation sites is 1. The number of phenolic OH excluding ortho intramolecular Hbond substituents is 2. The molecule has 3 aromatic carbocycles. The number of hydrogen-bond donors (Lipinski definition) is 3. The molecule has 126 valence electrons. The molecule has 0 aromatic heterocycles.